The normalized spacial score (nSPS) is 12.8. The summed E-state index contributed by atoms with van der Waals surface area (Å²) >= 11 is 0. The number of carbonyl (C=O) groups is 1. The van der Waals surface area contributed by atoms with E-state index in [9.17, 15) is 4.79 Å². The highest BCUT2D eigenvalue weighted by Gasteiger charge is 2.18. The van der Waals surface area contributed by atoms with Gasteiger partial charge in [0, 0.05) is 23.9 Å². The Hall–Kier alpha value is -2.69. The second-order valence-corrected chi connectivity index (χ2v) is 5.38. The third kappa shape index (κ3) is 3.08. The van der Waals surface area contributed by atoms with Gasteiger partial charge in [-0.2, -0.15) is 0 Å². The van der Waals surface area contributed by atoms with E-state index in [0.29, 0.717) is 22.7 Å². The fourth-order valence-electron chi connectivity index (χ4n) is 2.81. The molecule has 0 aliphatic carbocycles. The highest BCUT2D eigenvalue weighted by Crippen LogP contribution is 2.31. The molecule has 2 N–H and O–H groups in total. The molecule has 1 aliphatic rings. The van der Waals surface area contributed by atoms with Crippen molar-refractivity contribution in [3.63, 3.8) is 0 Å². The average molecular weight is 312 g/mol. The van der Waals surface area contributed by atoms with Crippen molar-refractivity contribution in [1.29, 1.82) is 0 Å². The molecule has 0 radical (unpaired) electrons. The standard InChI is InChI=1S/C18H20N2O3/c1-22-12-8-9-16(17(11-12)23-2)20-18(21)14-5-3-7-15-13(14)6-4-10-19-15/h3,5,7-9,11,19H,4,6,10H2,1-2H3,(H,20,21). The number of nitrogens with one attached hydrogen (secondary N) is 2. The van der Waals surface area contributed by atoms with Crippen LogP contribution in [0, 0.1) is 0 Å². The van der Waals surface area contributed by atoms with Gasteiger partial charge >= 0.3 is 0 Å². The van der Waals surface area contributed by atoms with Crippen LogP contribution in [0.4, 0.5) is 11.4 Å². The molecule has 1 amide bonds. The molecular weight excluding hydrogens is 292 g/mol. The number of benzene rings is 2. The molecule has 0 atom stereocenters. The molecule has 0 aromatic heterocycles. The summed E-state index contributed by atoms with van der Waals surface area (Å²) < 4.78 is 10.5. The molecule has 0 unspecified atom stereocenters. The predicted octanol–water partition coefficient (Wildman–Crippen LogP) is 3.31. The lowest BCUT2D eigenvalue weighted by Gasteiger charge is -2.21. The van der Waals surface area contributed by atoms with Gasteiger partial charge in [-0.05, 0) is 42.7 Å². The first-order chi connectivity index (χ1) is 11.2. The Morgan fingerprint density at radius 2 is 2.04 bits per heavy atom. The summed E-state index contributed by atoms with van der Waals surface area (Å²) in [5.41, 5.74) is 3.45. The Balaban J connectivity index is 1.88. The molecule has 5 nitrogen and oxygen atoms in total. The van der Waals surface area contributed by atoms with Gasteiger partial charge in [0.05, 0.1) is 19.9 Å². The minimum absolute atomic E-state index is 0.131. The molecule has 5 heteroatoms. The van der Waals surface area contributed by atoms with E-state index in [1.165, 1.54) is 0 Å². The minimum Gasteiger partial charge on any atom is -0.497 e. The second-order valence-electron chi connectivity index (χ2n) is 5.38. The molecular formula is C18H20N2O3. The Kier molecular flexibility index (Phi) is 4.37. The van der Waals surface area contributed by atoms with Gasteiger partial charge in [0.25, 0.3) is 5.91 Å². The Bertz CT molecular complexity index is 728. The topological polar surface area (TPSA) is 59.6 Å². The van der Waals surface area contributed by atoms with Gasteiger partial charge in [0.1, 0.15) is 11.5 Å². The maximum atomic E-state index is 12.7. The molecule has 0 saturated heterocycles. The highest BCUT2D eigenvalue weighted by molar-refractivity contribution is 6.07. The van der Waals surface area contributed by atoms with E-state index in [1.54, 1.807) is 32.4 Å². The van der Waals surface area contributed by atoms with Crippen LogP contribution in [0.25, 0.3) is 0 Å². The summed E-state index contributed by atoms with van der Waals surface area (Å²) in [6.45, 7) is 0.949. The van der Waals surface area contributed by atoms with E-state index >= 15 is 0 Å². The van der Waals surface area contributed by atoms with Crippen molar-refractivity contribution in [3.05, 3.63) is 47.5 Å². The lowest BCUT2D eigenvalue weighted by atomic mass is 9.97. The van der Waals surface area contributed by atoms with Crippen LogP contribution in [0.5, 0.6) is 11.5 Å². The van der Waals surface area contributed by atoms with Crippen molar-refractivity contribution in [2.75, 3.05) is 31.4 Å². The molecule has 2 aromatic carbocycles. The monoisotopic (exact) mass is 312 g/mol. The summed E-state index contributed by atoms with van der Waals surface area (Å²) in [7, 11) is 3.16. The molecule has 23 heavy (non-hydrogen) atoms. The van der Waals surface area contributed by atoms with Crippen molar-refractivity contribution >= 4 is 17.3 Å². The third-order valence-corrected chi connectivity index (χ3v) is 4.00. The van der Waals surface area contributed by atoms with Gasteiger partial charge in [0.2, 0.25) is 0 Å². The van der Waals surface area contributed by atoms with Crippen LogP contribution in [-0.2, 0) is 6.42 Å². The number of anilines is 2. The van der Waals surface area contributed by atoms with Crippen molar-refractivity contribution in [3.8, 4) is 11.5 Å². The third-order valence-electron chi connectivity index (χ3n) is 4.00. The van der Waals surface area contributed by atoms with Gasteiger partial charge in [0.15, 0.2) is 0 Å². The molecule has 0 saturated carbocycles. The van der Waals surface area contributed by atoms with Gasteiger partial charge in [-0.15, -0.1) is 0 Å². The number of methoxy groups -OCH3 is 2. The van der Waals surface area contributed by atoms with Gasteiger partial charge in [-0.1, -0.05) is 6.07 Å². The van der Waals surface area contributed by atoms with Crippen LogP contribution in [-0.4, -0.2) is 26.7 Å². The van der Waals surface area contributed by atoms with E-state index in [0.717, 1.165) is 30.6 Å². The average Bonchev–Trinajstić information content (AvgIpc) is 2.61. The minimum atomic E-state index is -0.131. The number of fused-ring (bicyclic) bond motifs is 1. The van der Waals surface area contributed by atoms with Gasteiger partial charge in [-0.3, -0.25) is 4.79 Å². The van der Waals surface area contributed by atoms with E-state index < -0.39 is 0 Å². The fraction of sp³-hybridized carbons (Fsp3) is 0.278. The summed E-state index contributed by atoms with van der Waals surface area (Å²) in [6, 6.07) is 11.1. The zero-order valence-corrected chi connectivity index (χ0v) is 13.3. The summed E-state index contributed by atoms with van der Waals surface area (Å²) in [5, 5.41) is 6.27. The fourth-order valence-corrected chi connectivity index (χ4v) is 2.81. The zero-order valence-electron chi connectivity index (χ0n) is 13.3. The maximum Gasteiger partial charge on any atom is 0.256 e. The maximum absolute atomic E-state index is 12.7. The van der Waals surface area contributed by atoms with Crippen LogP contribution < -0.4 is 20.1 Å². The summed E-state index contributed by atoms with van der Waals surface area (Å²) in [6.07, 6.45) is 1.94. The zero-order chi connectivity index (χ0) is 16.2. The number of amides is 1. The number of carbonyl (C=O) groups excluding carboxylic acids is 1. The van der Waals surface area contributed by atoms with Crippen molar-refractivity contribution < 1.29 is 14.3 Å². The lowest BCUT2D eigenvalue weighted by molar-refractivity contribution is 0.102. The molecule has 0 spiro atoms. The van der Waals surface area contributed by atoms with Crippen molar-refractivity contribution in [2.24, 2.45) is 0 Å². The number of hydrogen-bond donors (Lipinski definition) is 2. The van der Waals surface area contributed by atoms with Crippen LogP contribution in [0.1, 0.15) is 22.3 Å². The van der Waals surface area contributed by atoms with E-state index in [2.05, 4.69) is 10.6 Å². The first-order valence-electron chi connectivity index (χ1n) is 7.62. The molecule has 1 aliphatic heterocycles. The number of ether oxygens (including phenoxy) is 2. The first kappa shape index (κ1) is 15.2. The SMILES string of the molecule is COc1ccc(NC(=O)c2cccc3c2CCCN3)c(OC)c1. The first-order valence-corrected chi connectivity index (χ1v) is 7.62. The second kappa shape index (κ2) is 6.60. The molecule has 0 fully saturated rings. The van der Waals surface area contributed by atoms with Crippen molar-refractivity contribution in [1.82, 2.24) is 0 Å². The summed E-state index contributed by atoms with van der Waals surface area (Å²) in [5.74, 6) is 1.12. The van der Waals surface area contributed by atoms with Gasteiger partial charge in [-0.25, -0.2) is 0 Å². The molecule has 3 rings (SSSR count). The Labute approximate surface area is 135 Å². The van der Waals surface area contributed by atoms with Crippen LogP contribution in [0.3, 0.4) is 0 Å². The van der Waals surface area contributed by atoms with E-state index in [4.69, 9.17) is 9.47 Å². The highest BCUT2D eigenvalue weighted by atomic mass is 16.5. The van der Waals surface area contributed by atoms with Gasteiger partial charge < -0.3 is 20.1 Å². The van der Waals surface area contributed by atoms with E-state index in [1.807, 2.05) is 18.2 Å². The van der Waals surface area contributed by atoms with E-state index in [-0.39, 0.29) is 5.91 Å². The molecule has 120 valence electrons. The Morgan fingerprint density at radius 1 is 1.17 bits per heavy atom. The molecule has 0 bridgehead atoms. The lowest BCUT2D eigenvalue weighted by Crippen LogP contribution is -2.19. The van der Waals surface area contributed by atoms with Crippen LogP contribution >= 0.6 is 0 Å². The smallest absolute Gasteiger partial charge is 0.256 e. The van der Waals surface area contributed by atoms with Crippen molar-refractivity contribution in [2.45, 2.75) is 12.8 Å². The predicted molar refractivity (Wildman–Crippen MR) is 90.8 cm³/mol. The van der Waals surface area contributed by atoms with Crippen LogP contribution in [0.2, 0.25) is 0 Å². The molecule has 1 heterocycles. The Morgan fingerprint density at radius 3 is 2.83 bits per heavy atom. The number of hydrogen-bond acceptors (Lipinski definition) is 4. The van der Waals surface area contributed by atoms with Crippen LogP contribution in [0.15, 0.2) is 36.4 Å². The largest absolute Gasteiger partial charge is 0.497 e. The number of rotatable bonds is 4. The quantitative estimate of drug-likeness (QED) is 0.909. The molecule has 2 aromatic rings. The summed E-state index contributed by atoms with van der Waals surface area (Å²) in [4.78, 5) is 12.7.